The maximum Gasteiger partial charge on any atom is 0.171 e. The van der Waals surface area contributed by atoms with Crippen LogP contribution in [0.5, 0.6) is 0 Å². The molecule has 1 heterocycles. The van der Waals surface area contributed by atoms with E-state index >= 15 is 0 Å². The van der Waals surface area contributed by atoms with Crippen LogP contribution in [0.4, 0.5) is 5.69 Å². The van der Waals surface area contributed by atoms with Gasteiger partial charge in [0.05, 0.1) is 18.2 Å². The van der Waals surface area contributed by atoms with Crippen molar-refractivity contribution >= 4 is 23.1 Å². The maximum absolute atomic E-state index is 8.65. The van der Waals surface area contributed by atoms with Gasteiger partial charge in [-0.25, -0.2) is 0 Å². The SMILES string of the molecule is CC1COCCN1c1ccc(C(N)=NO)c(Cl)c1. The second-order valence-corrected chi connectivity index (χ2v) is 4.67. The lowest BCUT2D eigenvalue weighted by atomic mass is 10.1. The van der Waals surface area contributed by atoms with Crippen molar-refractivity contribution in [3.8, 4) is 0 Å². The molecule has 6 heteroatoms. The van der Waals surface area contributed by atoms with Gasteiger partial charge in [-0.05, 0) is 25.1 Å². The number of nitrogens with zero attached hydrogens (tertiary/aromatic N) is 2. The number of morpholine rings is 1. The summed E-state index contributed by atoms with van der Waals surface area (Å²) in [5.41, 5.74) is 7.08. The number of nitrogens with two attached hydrogens (primary N) is 1. The highest BCUT2D eigenvalue weighted by atomic mass is 35.5. The van der Waals surface area contributed by atoms with Crippen LogP contribution in [-0.2, 0) is 4.74 Å². The summed E-state index contributed by atoms with van der Waals surface area (Å²) in [6, 6.07) is 5.82. The molecule has 1 unspecified atom stereocenters. The Kier molecular flexibility index (Phi) is 3.93. The third-order valence-electron chi connectivity index (χ3n) is 3.04. The van der Waals surface area contributed by atoms with E-state index in [4.69, 9.17) is 27.3 Å². The summed E-state index contributed by atoms with van der Waals surface area (Å²) < 4.78 is 5.40. The number of anilines is 1. The van der Waals surface area contributed by atoms with Crippen LogP contribution in [-0.4, -0.2) is 36.8 Å². The monoisotopic (exact) mass is 269 g/mol. The summed E-state index contributed by atoms with van der Waals surface area (Å²) in [4.78, 5) is 2.23. The summed E-state index contributed by atoms with van der Waals surface area (Å²) in [6.45, 7) is 4.36. The molecular formula is C12H16ClN3O2. The first-order chi connectivity index (χ1) is 8.63. The Morgan fingerprint density at radius 1 is 1.61 bits per heavy atom. The van der Waals surface area contributed by atoms with Crippen LogP contribution in [0.2, 0.25) is 5.02 Å². The van der Waals surface area contributed by atoms with Gasteiger partial charge in [-0.15, -0.1) is 0 Å². The van der Waals surface area contributed by atoms with Gasteiger partial charge in [0.25, 0.3) is 0 Å². The minimum Gasteiger partial charge on any atom is -0.409 e. The fraction of sp³-hybridized carbons (Fsp3) is 0.417. The Morgan fingerprint density at radius 3 is 3.00 bits per heavy atom. The van der Waals surface area contributed by atoms with E-state index in [-0.39, 0.29) is 5.84 Å². The van der Waals surface area contributed by atoms with E-state index < -0.39 is 0 Å². The van der Waals surface area contributed by atoms with E-state index in [9.17, 15) is 0 Å². The second-order valence-electron chi connectivity index (χ2n) is 4.27. The molecule has 1 atom stereocenters. The Labute approximate surface area is 111 Å². The number of benzene rings is 1. The van der Waals surface area contributed by atoms with E-state index in [1.165, 1.54) is 0 Å². The number of hydrogen-bond acceptors (Lipinski definition) is 4. The Hall–Kier alpha value is -1.46. The minimum atomic E-state index is 0.0153. The Morgan fingerprint density at radius 2 is 2.39 bits per heavy atom. The highest BCUT2D eigenvalue weighted by Crippen LogP contribution is 2.26. The summed E-state index contributed by atoms with van der Waals surface area (Å²) >= 11 is 6.14. The van der Waals surface area contributed by atoms with Crippen molar-refractivity contribution in [2.75, 3.05) is 24.7 Å². The fourth-order valence-corrected chi connectivity index (χ4v) is 2.33. The first-order valence-corrected chi connectivity index (χ1v) is 6.13. The van der Waals surface area contributed by atoms with Crippen molar-refractivity contribution < 1.29 is 9.94 Å². The third kappa shape index (κ3) is 2.52. The molecule has 1 aromatic rings. The molecule has 2 rings (SSSR count). The van der Waals surface area contributed by atoms with Gasteiger partial charge < -0.3 is 20.6 Å². The first kappa shape index (κ1) is 13.0. The lowest BCUT2D eigenvalue weighted by Crippen LogP contribution is -2.43. The topological polar surface area (TPSA) is 71.1 Å². The van der Waals surface area contributed by atoms with Crippen molar-refractivity contribution in [1.82, 2.24) is 0 Å². The molecule has 1 saturated heterocycles. The average Bonchev–Trinajstić information content (AvgIpc) is 2.38. The zero-order valence-electron chi connectivity index (χ0n) is 10.1. The maximum atomic E-state index is 8.65. The van der Waals surface area contributed by atoms with Crippen LogP contribution >= 0.6 is 11.6 Å². The fourth-order valence-electron chi connectivity index (χ4n) is 2.05. The quantitative estimate of drug-likeness (QED) is 0.371. The van der Waals surface area contributed by atoms with Crippen molar-refractivity contribution in [1.29, 1.82) is 0 Å². The van der Waals surface area contributed by atoms with E-state index in [1.807, 2.05) is 12.1 Å². The van der Waals surface area contributed by atoms with E-state index in [0.29, 0.717) is 29.8 Å². The molecule has 1 fully saturated rings. The van der Waals surface area contributed by atoms with Gasteiger partial charge >= 0.3 is 0 Å². The van der Waals surface area contributed by atoms with E-state index in [0.717, 1.165) is 12.2 Å². The number of halogens is 1. The molecule has 5 nitrogen and oxygen atoms in total. The number of oxime groups is 1. The first-order valence-electron chi connectivity index (χ1n) is 5.75. The standard InChI is InChI=1S/C12H16ClN3O2/c1-8-7-18-5-4-16(8)9-2-3-10(11(13)6-9)12(14)15-17/h2-3,6,8,17H,4-5,7H2,1H3,(H2,14,15). The summed E-state index contributed by atoms with van der Waals surface area (Å²) in [7, 11) is 0. The predicted molar refractivity (Wildman–Crippen MR) is 71.6 cm³/mol. The molecular weight excluding hydrogens is 254 g/mol. The molecule has 0 spiro atoms. The van der Waals surface area contributed by atoms with Gasteiger partial charge in [0.15, 0.2) is 5.84 Å². The Balaban J connectivity index is 2.28. The molecule has 3 N–H and O–H groups in total. The molecule has 0 radical (unpaired) electrons. The Bertz CT molecular complexity index is 465. The second kappa shape index (κ2) is 5.46. The molecule has 1 aliphatic heterocycles. The minimum absolute atomic E-state index is 0.0153. The van der Waals surface area contributed by atoms with Crippen LogP contribution < -0.4 is 10.6 Å². The number of ether oxygens (including phenoxy) is 1. The summed E-state index contributed by atoms with van der Waals surface area (Å²) in [5, 5.41) is 12.1. The van der Waals surface area contributed by atoms with Crippen LogP contribution in [0.15, 0.2) is 23.4 Å². The average molecular weight is 270 g/mol. The van der Waals surface area contributed by atoms with Crippen LogP contribution in [0.3, 0.4) is 0 Å². The normalized spacial score (nSPS) is 21.1. The van der Waals surface area contributed by atoms with E-state index in [1.54, 1.807) is 6.07 Å². The molecule has 98 valence electrons. The zero-order valence-corrected chi connectivity index (χ0v) is 10.9. The van der Waals surface area contributed by atoms with Crippen LogP contribution in [0.25, 0.3) is 0 Å². The van der Waals surface area contributed by atoms with Crippen molar-refractivity contribution in [3.05, 3.63) is 28.8 Å². The molecule has 1 aromatic carbocycles. The smallest absolute Gasteiger partial charge is 0.171 e. The summed E-state index contributed by atoms with van der Waals surface area (Å²) in [5.74, 6) is 0.0153. The largest absolute Gasteiger partial charge is 0.409 e. The van der Waals surface area contributed by atoms with Gasteiger partial charge in [0.1, 0.15) is 0 Å². The van der Waals surface area contributed by atoms with Gasteiger partial charge in [-0.2, -0.15) is 0 Å². The number of rotatable bonds is 2. The van der Waals surface area contributed by atoms with Gasteiger partial charge in [-0.3, -0.25) is 0 Å². The zero-order chi connectivity index (χ0) is 13.1. The molecule has 0 aliphatic carbocycles. The van der Waals surface area contributed by atoms with Crippen LogP contribution in [0.1, 0.15) is 12.5 Å². The highest BCUT2D eigenvalue weighted by molar-refractivity contribution is 6.34. The molecule has 0 amide bonds. The van der Waals surface area contributed by atoms with Gasteiger partial charge in [0.2, 0.25) is 0 Å². The molecule has 0 aromatic heterocycles. The molecule has 0 saturated carbocycles. The molecule has 0 bridgehead atoms. The highest BCUT2D eigenvalue weighted by Gasteiger charge is 2.20. The predicted octanol–water partition coefficient (Wildman–Crippen LogP) is 1.66. The lowest BCUT2D eigenvalue weighted by molar-refractivity contribution is 0.0989. The van der Waals surface area contributed by atoms with Crippen molar-refractivity contribution in [2.24, 2.45) is 10.9 Å². The summed E-state index contributed by atoms with van der Waals surface area (Å²) in [6.07, 6.45) is 0. The molecule has 18 heavy (non-hydrogen) atoms. The number of hydrogen-bond donors (Lipinski definition) is 2. The van der Waals surface area contributed by atoms with Crippen molar-refractivity contribution in [2.45, 2.75) is 13.0 Å². The van der Waals surface area contributed by atoms with Gasteiger partial charge in [-0.1, -0.05) is 16.8 Å². The van der Waals surface area contributed by atoms with Gasteiger partial charge in [0, 0.05) is 23.8 Å². The third-order valence-corrected chi connectivity index (χ3v) is 3.35. The lowest BCUT2D eigenvalue weighted by Gasteiger charge is -2.35. The van der Waals surface area contributed by atoms with Crippen molar-refractivity contribution in [3.63, 3.8) is 0 Å². The van der Waals surface area contributed by atoms with E-state index in [2.05, 4.69) is 17.0 Å². The number of amidine groups is 1. The van der Waals surface area contributed by atoms with Crippen LogP contribution in [0, 0.1) is 0 Å². The molecule has 1 aliphatic rings.